The third-order valence-corrected chi connectivity index (χ3v) is 12.6. The van der Waals surface area contributed by atoms with Crippen molar-refractivity contribution in [1.29, 1.82) is 0 Å². The lowest BCUT2D eigenvalue weighted by molar-refractivity contribution is -0.462. The minimum Gasteiger partial charge on any atom is -0.507 e. The lowest BCUT2D eigenvalue weighted by Gasteiger charge is -2.43. The minimum atomic E-state index is -8.98. The first-order chi connectivity index (χ1) is 35.7. The number of hydrogen-bond acceptors (Lipinski definition) is 4. The molecule has 4 nitrogen and oxygen atoms in total. The molecular formula is C44H36F34N2O2. The van der Waals surface area contributed by atoms with Crippen LogP contribution in [-0.2, 0) is 22.7 Å². The van der Waals surface area contributed by atoms with E-state index in [9.17, 15) is 124 Å². The van der Waals surface area contributed by atoms with E-state index in [2.05, 4.69) is 9.98 Å². The molecule has 0 aromatic heterocycles. The summed E-state index contributed by atoms with van der Waals surface area (Å²) in [6.07, 6.45) is -16.6. The van der Waals surface area contributed by atoms with Crippen molar-refractivity contribution >= 4 is 12.4 Å². The first-order valence-corrected chi connectivity index (χ1v) is 21.9. The maximum atomic E-state index is 15.7. The van der Waals surface area contributed by atoms with E-state index in [0.29, 0.717) is 0 Å². The maximum absolute atomic E-state index is 15.7. The highest BCUT2D eigenvalue weighted by molar-refractivity contribution is 5.86. The van der Waals surface area contributed by atoms with Gasteiger partial charge >= 0.3 is 95.3 Å². The van der Waals surface area contributed by atoms with Crippen LogP contribution in [0.15, 0.2) is 34.3 Å². The van der Waals surface area contributed by atoms with Gasteiger partial charge in [0, 0.05) is 45.8 Å². The van der Waals surface area contributed by atoms with Crippen LogP contribution in [0.2, 0.25) is 0 Å². The molecule has 3 rings (SSSR count). The average Bonchev–Trinajstić information content (AvgIpc) is 3.28. The smallest absolute Gasteiger partial charge is 0.460 e. The molecule has 0 saturated heterocycles. The Kier molecular flexibility index (Phi) is 17.7. The first kappa shape index (κ1) is 71.3. The Balaban J connectivity index is 2.26. The Morgan fingerprint density at radius 2 is 0.537 bits per heavy atom. The summed E-state index contributed by atoms with van der Waals surface area (Å²) in [5, 5.41) is 21.9. The van der Waals surface area contributed by atoms with Crippen molar-refractivity contribution in [3.63, 3.8) is 0 Å². The Labute approximate surface area is 436 Å². The highest BCUT2D eigenvalue weighted by Crippen LogP contribution is 2.67. The van der Waals surface area contributed by atoms with Crippen LogP contribution < -0.4 is 0 Å². The molecule has 472 valence electrons. The van der Waals surface area contributed by atoms with E-state index in [1.165, 1.54) is 0 Å². The molecular weight excluding hydrogens is 1230 g/mol. The van der Waals surface area contributed by atoms with Crippen LogP contribution in [0.3, 0.4) is 0 Å². The Bertz CT molecular complexity index is 2540. The number of alkyl halides is 34. The van der Waals surface area contributed by atoms with Gasteiger partial charge in [-0.05, 0) is 47.9 Å². The molecule has 2 N–H and O–H groups in total. The van der Waals surface area contributed by atoms with E-state index in [-0.39, 0.29) is 25.3 Å². The van der Waals surface area contributed by atoms with Gasteiger partial charge in [-0.25, -0.2) is 0 Å². The summed E-state index contributed by atoms with van der Waals surface area (Å²) in [6.45, 7) is 5.34. The van der Waals surface area contributed by atoms with Crippen molar-refractivity contribution in [3.05, 3.63) is 57.6 Å². The molecule has 1 aliphatic carbocycles. The Hall–Kier alpha value is -5.00. The van der Waals surface area contributed by atoms with Crippen molar-refractivity contribution < 1.29 is 159 Å². The number of hydrogen-bond donors (Lipinski definition) is 2. The molecule has 0 bridgehead atoms. The van der Waals surface area contributed by atoms with Crippen LogP contribution in [0.5, 0.6) is 11.5 Å². The van der Waals surface area contributed by atoms with Crippen molar-refractivity contribution in [2.45, 2.75) is 185 Å². The predicted octanol–water partition coefficient (Wildman–Crippen LogP) is 17.5. The molecule has 0 radical (unpaired) electrons. The molecule has 0 heterocycles. The normalized spacial score (nSPS) is 18.8. The monoisotopic (exact) mass is 1270 g/mol. The van der Waals surface area contributed by atoms with Gasteiger partial charge in [0.05, 0.1) is 12.1 Å². The molecule has 82 heavy (non-hydrogen) atoms. The third-order valence-electron chi connectivity index (χ3n) is 12.6. The molecule has 1 saturated carbocycles. The van der Waals surface area contributed by atoms with Crippen molar-refractivity contribution in [1.82, 2.24) is 0 Å². The number of halogens is 34. The first-order valence-electron chi connectivity index (χ1n) is 21.9. The van der Waals surface area contributed by atoms with E-state index in [0.717, 1.165) is 41.5 Å². The van der Waals surface area contributed by atoms with Crippen LogP contribution in [-0.4, -0.2) is 118 Å². The largest absolute Gasteiger partial charge is 0.507 e. The second-order valence-corrected chi connectivity index (χ2v) is 20.4. The highest BCUT2D eigenvalue weighted by Gasteiger charge is 2.97. The van der Waals surface area contributed by atoms with Crippen molar-refractivity contribution in [2.24, 2.45) is 9.98 Å². The summed E-state index contributed by atoms with van der Waals surface area (Å²) < 4.78 is 482. The minimum absolute atomic E-state index is 0.0344. The zero-order valence-corrected chi connectivity index (χ0v) is 41.1. The lowest BCUT2D eigenvalue weighted by atomic mass is 9.81. The van der Waals surface area contributed by atoms with Crippen molar-refractivity contribution in [3.8, 4) is 11.5 Å². The van der Waals surface area contributed by atoms with Gasteiger partial charge in [0.1, 0.15) is 11.5 Å². The molecule has 2 aromatic carbocycles. The van der Waals surface area contributed by atoms with Crippen LogP contribution in [0.1, 0.15) is 101 Å². The van der Waals surface area contributed by atoms with Gasteiger partial charge in [-0.2, -0.15) is 149 Å². The fraction of sp³-hybridized carbons (Fsp3) is 0.682. The van der Waals surface area contributed by atoms with E-state index >= 15 is 35.1 Å². The fourth-order valence-electron chi connectivity index (χ4n) is 7.50. The summed E-state index contributed by atoms with van der Waals surface area (Å²) in [6, 6.07) is -5.20. The molecule has 0 unspecified atom stereocenters. The Morgan fingerprint density at radius 1 is 0.329 bits per heavy atom. The number of nitrogens with zero attached hydrogens (tertiary/aromatic N) is 2. The van der Waals surface area contributed by atoms with Crippen LogP contribution in [0, 0.1) is 0 Å². The van der Waals surface area contributed by atoms with Crippen LogP contribution >= 0.6 is 0 Å². The summed E-state index contributed by atoms with van der Waals surface area (Å²) in [5.41, 5.74) is -14.5. The van der Waals surface area contributed by atoms with E-state index in [1.54, 1.807) is 0 Å². The van der Waals surface area contributed by atoms with Gasteiger partial charge in [0.25, 0.3) is 0 Å². The number of aliphatic imine (C=N–C) groups is 2. The summed E-state index contributed by atoms with van der Waals surface area (Å²) in [5.74, 6) is -122. The number of phenols is 2. The number of phenolic OH excluding ortho intramolecular Hbond substituents is 2. The standard InChI is InChI=1S/C44H36F34N2O2/c1-27(2,3)21-13-19(29(45,46)31(49,50)33(53,54)35(57,58)37(61,62)39(65,66)41(69,70)43(73,74)75)11-17(25(21)81)15-79-23-9-7-8-10-24(23)80-16-18-12-20(14-22(26(18)82)28(4,5)6)30(47,48)32(51,52)34(55,56)36(59,60)38(63,64)40(67,68)42(71,72)44(76,77)78/h11-16,23-24,81-82H,7-10H2,1-6H3/t23-,24-/m1/s1. The summed E-state index contributed by atoms with van der Waals surface area (Å²) >= 11 is 0. The van der Waals surface area contributed by atoms with Gasteiger partial charge in [-0.3, -0.25) is 9.98 Å². The molecule has 0 spiro atoms. The predicted molar refractivity (Wildman–Crippen MR) is 214 cm³/mol. The van der Waals surface area contributed by atoms with Gasteiger partial charge in [-0.1, -0.05) is 54.4 Å². The molecule has 1 fully saturated rings. The van der Waals surface area contributed by atoms with Gasteiger partial charge < -0.3 is 10.2 Å². The second-order valence-electron chi connectivity index (χ2n) is 20.4. The fourth-order valence-corrected chi connectivity index (χ4v) is 7.50. The van der Waals surface area contributed by atoms with E-state index in [4.69, 9.17) is 0 Å². The summed E-state index contributed by atoms with van der Waals surface area (Å²) in [4.78, 5) is 7.57. The topological polar surface area (TPSA) is 65.2 Å². The second kappa shape index (κ2) is 20.3. The maximum Gasteiger partial charge on any atom is 0.460 e. The molecule has 1 aliphatic rings. The van der Waals surface area contributed by atoms with E-state index < -0.39 is 200 Å². The molecule has 0 aliphatic heterocycles. The highest BCUT2D eigenvalue weighted by atomic mass is 19.4. The van der Waals surface area contributed by atoms with Crippen LogP contribution in [0.4, 0.5) is 149 Å². The molecule has 0 amide bonds. The van der Waals surface area contributed by atoms with E-state index in [1.807, 2.05) is 0 Å². The lowest BCUT2D eigenvalue weighted by Crippen LogP contribution is -2.74. The molecule has 2 atom stereocenters. The van der Waals surface area contributed by atoms with Gasteiger partial charge in [0.2, 0.25) is 0 Å². The third kappa shape index (κ3) is 10.5. The zero-order valence-electron chi connectivity index (χ0n) is 41.1. The summed E-state index contributed by atoms with van der Waals surface area (Å²) in [7, 11) is 0. The molecule has 38 heteroatoms. The number of aromatic hydroxyl groups is 2. The van der Waals surface area contributed by atoms with Crippen molar-refractivity contribution in [2.75, 3.05) is 0 Å². The Morgan fingerprint density at radius 3 is 0.744 bits per heavy atom. The average molecular weight is 1270 g/mol. The molecule has 2 aromatic rings. The van der Waals surface area contributed by atoms with Gasteiger partial charge in [0.15, 0.2) is 0 Å². The van der Waals surface area contributed by atoms with Gasteiger partial charge in [-0.15, -0.1) is 0 Å². The zero-order chi connectivity index (χ0) is 65.3. The quantitative estimate of drug-likeness (QED) is 0.115. The SMILES string of the molecule is CC(C)(C)c1cc(C(F)(F)C(F)(F)C(F)(F)C(F)(F)C(F)(F)C(F)(F)C(F)(F)C(F)(F)F)cc(C=N[C@@H]2CCCC[C@H]2N=Cc2cc(C(F)(F)C(F)(F)C(F)(F)C(F)(F)C(F)(F)C(F)(F)C(F)(F)C(F)(F)F)cc(C(C)(C)C)c2O)c1O. The number of rotatable bonds is 18. The van der Waals surface area contributed by atoms with Crippen LogP contribution in [0.25, 0.3) is 0 Å². The number of benzene rings is 2.